The van der Waals surface area contributed by atoms with Gasteiger partial charge in [0.2, 0.25) is 0 Å². The lowest BCUT2D eigenvalue weighted by Crippen LogP contribution is -2.69. The molecule has 1 aliphatic heterocycles. The standard InChI is InChI=1S/C37H58N2O5/c1-23-8-11-33(3)14-15-35(5)25(31(33)24(23)2)20-26(40)32-36(35,6)13-9-27-34(4,21-29(41)42)12-10-28(37(27,32)7)44-30(43)22-39-18-16-38-17-19-39/h20,23-24,27-28,31-32,38H,8-19,21-22H2,1-7H3,(H,41,42)/t23-,24+,27+,28?,31+,32+,33-,34?,35-,36-,37-/m1/s1. The molecule has 0 aromatic rings. The van der Waals surface area contributed by atoms with Gasteiger partial charge < -0.3 is 15.2 Å². The van der Waals surface area contributed by atoms with E-state index in [2.05, 4.69) is 64.8 Å². The van der Waals surface area contributed by atoms with Crippen LogP contribution in [-0.4, -0.2) is 66.6 Å². The summed E-state index contributed by atoms with van der Waals surface area (Å²) in [7, 11) is 0. The normalized spacial score (nSPS) is 49.1. The number of carboxylic acids is 1. The van der Waals surface area contributed by atoms with Crippen LogP contribution in [0.3, 0.4) is 0 Å². The second-order valence-corrected chi connectivity index (χ2v) is 17.4. The molecule has 2 N–H and O–H groups in total. The van der Waals surface area contributed by atoms with Crippen molar-refractivity contribution < 1.29 is 24.2 Å². The smallest absolute Gasteiger partial charge is 0.320 e. The molecule has 0 aromatic heterocycles. The summed E-state index contributed by atoms with van der Waals surface area (Å²) in [4.78, 5) is 42.8. The van der Waals surface area contributed by atoms with Gasteiger partial charge in [0.25, 0.3) is 0 Å². The van der Waals surface area contributed by atoms with Crippen LogP contribution in [0, 0.1) is 56.7 Å². The topological polar surface area (TPSA) is 95.9 Å². The Morgan fingerprint density at radius 1 is 0.977 bits per heavy atom. The van der Waals surface area contributed by atoms with E-state index in [9.17, 15) is 19.5 Å². The molecule has 1 heterocycles. The number of esters is 1. The van der Waals surface area contributed by atoms with Gasteiger partial charge in [-0.3, -0.25) is 19.3 Å². The van der Waals surface area contributed by atoms with Crippen molar-refractivity contribution in [1.29, 1.82) is 0 Å². The first kappa shape index (κ1) is 32.2. The fourth-order valence-electron chi connectivity index (χ4n) is 12.5. The number of carboxylic acid groups (broad SMARTS) is 1. The van der Waals surface area contributed by atoms with Crippen molar-refractivity contribution in [2.45, 2.75) is 112 Å². The van der Waals surface area contributed by atoms with Crippen LogP contribution in [0.15, 0.2) is 11.6 Å². The van der Waals surface area contributed by atoms with E-state index in [1.165, 1.54) is 24.8 Å². The number of ketones is 1. The summed E-state index contributed by atoms with van der Waals surface area (Å²) in [6.45, 7) is 20.1. The van der Waals surface area contributed by atoms with Crippen molar-refractivity contribution in [3.63, 3.8) is 0 Å². The number of hydrogen-bond acceptors (Lipinski definition) is 6. The van der Waals surface area contributed by atoms with E-state index in [-0.39, 0.29) is 52.8 Å². The molecule has 0 spiro atoms. The van der Waals surface area contributed by atoms with E-state index in [0.717, 1.165) is 45.4 Å². The molecule has 0 amide bonds. The highest BCUT2D eigenvalue weighted by molar-refractivity contribution is 5.96. The maximum atomic E-state index is 14.9. The van der Waals surface area contributed by atoms with Gasteiger partial charge in [0.15, 0.2) is 5.78 Å². The van der Waals surface area contributed by atoms with Crippen molar-refractivity contribution >= 4 is 17.7 Å². The van der Waals surface area contributed by atoms with Crippen molar-refractivity contribution in [2.24, 2.45) is 56.7 Å². The largest absolute Gasteiger partial charge is 0.481 e. The Bertz CT molecular complexity index is 1230. The van der Waals surface area contributed by atoms with Crippen LogP contribution < -0.4 is 5.32 Å². The molecule has 4 saturated carbocycles. The number of nitrogens with zero attached hydrogens (tertiary/aromatic N) is 1. The van der Waals surface area contributed by atoms with Crippen LogP contribution in [0.4, 0.5) is 0 Å². The van der Waals surface area contributed by atoms with Crippen LogP contribution in [0.5, 0.6) is 0 Å². The number of hydrogen-bond donors (Lipinski definition) is 2. The first-order valence-electron chi connectivity index (χ1n) is 17.7. The molecule has 246 valence electrons. The lowest BCUT2D eigenvalue weighted by atomic mass is 9.33. The Labute approximate surface area is 265 Å². The summed E-state index contributed by atoms with van der Waals surface area (Å²) >= 11 is 0. The van der Waals surface area contributed by atoms with Gasteiger partial charge in [-0.2, -0.15) is 0 Å². The van der Waals surface area contributed by atoms with Gasteiger partial charge >= 0.3 is 11.9 Å². The summed E-state index contributed by atoms with van der Waals surface area (Å²) in [6.07, 6.45) is 9.57. The number of ether oxygens (including phenoxy) is 1. The predicted octanol–water partition coefficient (Wildman–Crippen LogP) is 6.11. The van der Waals surface area contributed by atoms with Crippen molar-refractivity contribution in [3.8, 4) is 0 Å². The van der Waals surface area contributed by atoms with Gasteiger partial charge in [-0.25, -0.2) is 0 Å². The van der Waals surface area contributed by atoms with Gasteiger partial charge in [-0.1, -0.05) is 54.0 Å². The van der Waals surface area contributed by atoms with E-state index >= 15 is 0 Å². The summed E-state index contributed by atoms with van der Waals surface area (Å²) < 4.78 is 6.49. The summed E-state index contributed by atoms with van der Waals surface area (Å²) in [5, 5.41) is 13.4. The molecule has 5 fully saturated rings. The molecule has 0 bridgehead atoms. The number of carbonyl (C=O) groups is 3. The zero-order valence-electron chi connectivity index (χ0n) is 28.5. The third-order valence-corrected chi connectivity index (χ3v) is 15.2. The molecular weight excluding hydrogens is 552 g/mol. The van der Waals surface area contributed by atoms with Gasteiger partial charge in [0.1, 0.15) is 6.10 Å². The van der Waals surface area contributed by atoms with E-state index in [4.69, 9.17) is 4.74 Å². The number of rotatable bonds is 5. The number of carbonyl (C=O) groups excluding carboxylic acids is 2. The van der Waals surface area contributed by atoms with E-state index < -0.39 is 22.9 Å². The first-order valence-corrected chi connectivity index (χ1v) is 17.7. The molecule has 6 rings (SSSR count). The Balaban J connectivity index is 1.42. The summed E-state index contributed by atoms with van der Waals surface area (Å²) in [6, 6.07) is 0. The maximum Gasteiger partial charge on any atom is 0.320 e. The Morgan fingerprint density at radius 3 is 2.36 bits per heavy atom. The van der Waals surface area contributed by atoms with Crippen molar-refractivity contribution in [1.82, 2.24) is 10.2 Å². The van der Waals surface area contributed by atoms with Crippen LogP contribution in [0.25, 0.3) is 0 Å². The minimum atomic E-state index is -0.784. The van der Waals surface area contributed by atoms with Gasteiger partial charge in [0, 0.05) is 37.5 Å². The Kier molecular flexibility index (Phi) is 8.00. The molecule has 44 heavy (non-hydrogen) atoms. The third kappa shape index (κ3) is 4.67. The zero-order chi connectivity index (χ0) is 31.9. The average molecular weight is 611 g/mol. The maximum absolute atomic E-state index is 14.9. The number of allylic oxidation sites excluding steroid dienone is 2. The number of fused-ring (bicyclic) bond motifs is 7. The SMILES string of the molecule is C[C@H]1[C@H](C)CC[C@]2(C)CC[C@]3(C)C(=CC(=O)[C@@H]4[C@@]5(C)C(OC(=O)CN6CCNCC6)CCC(C)(CC(=O)O)[C@@H]5CC[C@]43C)[C@H]12. The number of aliphatic carboxylic acids is 1. The van der Waals surface area contributed by atoms with Gasteiger partial charge in [-0.15, -0.1) is 0 Å². The lowest BCUT2D eigenvalue weighted by Gasteiger charge is -2.71. The van der Waals surface area contributed by atoms with Crippen LogP contribution in [0.1, 0.15) is 106 Å². The highest BCUT2D eigenvalue weighted by Crippen LogP contribution is 2.75. The van der Waals surface area contributed by atoms with E-state index in [1.54, 1.807) is 0 Å². The third-order valence-electron chi connectivity index (χ3n) is 15.2. The average Bonchev–Trinajstić information content (AvgIpc) is 2.94. The molecule has 6 aliphatic rings. The highest BCUT2D eigenvalue weighted by atomic mass is 16.5. The molecular formula is C37H58N2O5. The lowest BCUT2D eigenvalue weighted by molar-refractivity contribution is -0.229. The minimum absolute atomic E-state index is 0.0140. The van der Waals surface area contributed by atoms with Gasteiger partial charge in [0.05, 0.1) is 13.0 Å². The van der Waals surface area contributed by atoms with Crippen LogP contribution >= 0.6 is 0 Å². The quantitative estimate of drug-likeness (QED) is 0.363. The Hall–Kier alpha value is -1.73. The van der Waals surface area contributed by atoms with Crippen molar-refractivity contribution in [3.05, 3.63) is 11.6 Å². The molecule has 0 radical (unpaired) electrons. The highest BCUT2D eigenvalue weighted by Gasteiger charge is 2.72. The molecule has 0 aromatic carbocycles. The molecule has 7 nitrogen and oxygen atoms in total. The molecule has 1 saturated heterocycles. The van der Waals surface area contributed by atoms with Crippen molar-refractivity contribution in [2.75, 3.05) is 32.7 Å². The molecule has 2 unspecified atom stereocenters. The monoisotopic (exact) mass is 610 g/mol. The molecule has 11 atom stereocenters. The zero-order valence-corrected chi connectivity index (χ0v) is 28.5. The minimum Gasteiger partial charge on any atom is -0.481 e. The first-order chi connectivity index (χ1) is 20.6. The van der Waals surface area contributed by atoms with E-state index in [1.807, 2.05) is 0 Å². The predicted molar refractivity (Wildman–Crippen MR) is 171 cm³/mol. The number of piperazine rings is 1. The molecule has 5 aliphatic carbocycles. The van der Waals surface area contributed by atoms with E-state index in [0.29, 0.717) is 30.6 Å². The fraction of sp³-hybridized carbons (Fsp3) is 0.865. The second-order valence-electron chi connectivity index (χ2n) is 17.4. The fourth-order valence-corrected chi connectivity index (χ4v) is 12.5. The Morgan fingerprint density at radius 2 is 1.68 bits per heavy atom. The van der Waals surface area contributed by atoms with Gasteiger partial charge in [-0.05, 0) is 103 Å². The van der Waals surface area contributed by atoms with Crippen LogP contribution in [0.2, 0.25) is 0 Å². The number of nitrogens with one attached hydrogen (secondary N) is 1. The summed E-state index contributed by atoms with van der Waals surface area (Å²) in [5.74, 6) is 0.460. The van der Waals surface area contributed by atoms with Crippen LogP contribution in [-0.2, 0) is 19.1 Å². The summed E-state index contributed by atoms with van der Waals surface area (Å²) in [5.41, 5.74) is 0.133. The molecule has 7 heteroatoms. The second kappa shape index (κ2) is 10.9.